The molecule has 2 aromatic rings. The molecule has 27 heavy (non-hydrogen) atoms. The van der Waals surface area contributed by atoms with Crippen molar-refractivity contribution in [3.8, 4) is 5.75 Å². The van der Waals surface area contributed by atoms with Gasteiger partial charge in [0.15, 0.2) is 0 Å². The van der Waals surface area contributed by atoms with Gasteiger partial charge in [0.2, 0.25) is 5.91 Å². The predicted molar refractivity (Wildman–Crippen MR) is 106 cm³/mol. The molecule has 0 saturated carbocycles. The van der Waals surface area contributed by atoms with Gasteiger partial charge < -0.3 is 14.7 Å². The van der Waals surface area contributed by atoms with E-state index in [1.807, 2.05) is 55.5 Å². The number of ether oxygens (including phenoxy) is 1. The van der Waals surface area contributed by atoms with Crippen LogP contribution in [0.1, 0.15) is 18.1 Å². The van der Waals surface area contributed by atoms with Crippen molar-refractivity contribution in [2.24, 2.45) is 0 Å². The largest absolute Gasteiger partial charge is 0.489 e. The van der Waals surface area contributed by atoms with Gasteiger partial charge in [0.25, 0.3) is 0 Å². The molecule has 0 fully saturated rings. The first-order valence-corrected chi connectivity index (χ1v) is 9.53. The van der Waals surface area contributed by atoms with Crippen LogP contribution >= 0.6 is 11.6 Å². The third kappa shape index (κ3) is 5.45. The molecule has 1 aliphatic rings. The number of amides is 1. The molecule has 6 heteroatoms. The molecule has 3 rings (SSSR count). The average molecular weight is 389 g/mol. The van der Waals surface area contributed by atoms with E-state index in [4.69, 9.17) is 16.3 Å². The fourth-order valence-electron chi connectivity index (χ4n) is 3.34. The lowest BCUT2D eigenvalue weighted by Crippen LogP contribution is -2.42. The summed E-state index contributed by atoms with van der Waals surface area (Å²) in [5.74, 6) is 0.809. The molecule has 1 atom stereocenters. The highest BCUT2D eigenvalue weighted by Gasteiger charge is 2.24. The van der Waals surface area contributed by atoms with E-state index in [1.54, 1.807) is 4.90 Å². The molecule has 1 N–H and O–H groups in total. The normalized spacial score (nSPS) is 16.9. The van der Waals surface area contributed by atoms with Crippen molar-refractivity contribution >= 4 is 17.5 Å². The molecular weight excluding hydrogens is 364 g/mol. The van der Waals surface area contributed by atoms with Crippen LogP contribution in [0, 0.1) is 0 Å². The number of aliphatic hydroxyl groups excluding tert-OH is 1. The number of aliphatic hydroxyl groups is 1. The first-order valence-electron chi connectivity index (χ1n) is 9.15. The topological polar surface area (TPSA) is 53.0 Å². The summed E-state index contributed by atoms with van der Waals surface area (Å²) in [6.07, 6.45) is -0.0272. The first kappa shape index (κ1) is 19.7. The van der Waals surface area contributed by atoms with Crippen LogP contribution in [0.25, 0.3) is 0 Å². The van der Waals surface area contributed by atoms with Crippen LogP contribution in [0.2, 0.25) is 5.02 Å². The summed E-state index contributed by atoms with van der Waals surface area (Å²) < 4.78 is 5.96. The number of rotatable bonds is 6. The smallest absolute Gasteiger partial charge is 0.237 e. The molecular formula is C21H25ClN2O3. The predicted octanol–water partition coefficient (Wildman–Crippen LogP) is 2.94. The van der Waals surface area contributed by atoms with E-state index in [9.17, 15) is 9.90 Å². The lowest BCUT2D eigenvalue weighted by Gasteiger charge is -2.27. The second kappa shape index (κ2) is 9.22. The Morgan fingerprint density at radius 2 is 2.07 bits per heavy atom. The van der Waals surface area contributed by atoms with Gasteiger partial charge >= 0.3 is 0 Å². The molecule has 1 aliphatic heterocycles. The standard InChI is InChI=1S/C21H25ClN2O3/c1-16-12-23(14-18-11-19(22)7-8-20(18)27-16)15-21(26)24(9-10-25)13-17-5-3-2-4-6-17/h2-8,11,16,25H,9-10,12-15H2,1H3. The van der Waals surface area contributed by atoms with Crippen molar-refractivity contribution in [2.45, 2.75) is 26.1 Å². The Morgan fingerprint density at radius 3 is 2.81 bits per heavy atom. The van der Waals surface area contributed by atoms with Crippen LogP contribution < -0.4 is 4.74 Å². The van der Waals surface area contributed by atoms with E-state index in [2.05, 4.69) is 4.90 Å². The molecule has 0 radical (unpaired) electrons. The average Bonchev–Trinajstić information content (AvgIpc) is 2.79. The molecule has 144 valence electrons. The highest BCUT2D eigenvalue weighted by molar-refractivity contribution is 6.30. The first-order chi connectivity index (χ1) is 13.0. The van der Waals surface area contributed by atoms with Gasteiger partial charge in [-0.25, -0.2) is 0 Å². The van der Waals surface area contributed by atoms with E-state index in [0.717, 1.165) is 16.9 Å². The number of carbonyl (C=O) groups excluding carboxylic acids is 1. The number of carbonyl (C=O) groups is 1. The molecule has 1 unspecified atom stereocenters. The maximum absolute atomic E-state index is 12.9. The van der Waals surface area contributed by atoms with Crippen molar-refractivity contribution in [3.63, 3.8) is 0 Å². The Morgan fingerprint density at radius 1 is 1.30 bits per heavy atom. The minimum absolute atomic E-state index is 0.00872. The number of fused-ring (bicyclic) bond motifs is 1. The SMILES string of the molecule is CC1CN(CC(=O)N(CCO)Cc2ccccc2)Cc2cc(Cl)ccc2O1. The minimum atomic E-state index is -0.0590. The lowest BCUT2D eigenvalue weighted by atomic mass is 10.2. The molecule has 0 aromatic heterocycles. The van der Waals surface area contributed by atoms with Crippen LogP contribution in [0.4, 0.5) is 0 Å². The fraction of sp³-hybridized carbons (Fsp3) is 0.381. The summed E-state index contributed by atoms with van der Waals surface area (Å²) in [5.41, 5.74) is 2.03. The molecule has 5 nitrogen and oxygen atoms in total. The summed E-state index contributed by atoms with van der Waals surface area (Å²) in [6, 6.07) is 15.4. The summed E-state index contributed by atoms with van der Waals surface area (Å²) in [5, 5.41) is 10.0. The molecule has 1 heterocycles. The Balaban J connectivity index is 1.70. The van der Waals surface area contributed by atoms with E-state index in [-0.39, 0.29) is 25.2 Å². The Kier molecular flexibility index (Phi) is 6.72. The number of nitrogens with zero attached hydrogens (tertiary/aromatic N) is 2. The van der Waals surface area contributed by atoms with Gasteiger partial charge in [0.05, 0.1) is 13.2 Å². The number of benzene rings is 2. The van der Waals surface area contributed by atoms with Crippen molar-refractivity contribution in [2.75, 3.05) is 26.2 Å². The quantitative estimate of drug-likeness (QED) is 0.826. The third-order valence-corrected chi connectivity index (χ3v) is 4.79. The van der Waals surface area contributed by atoms with Crippen LogP contribution in [0.5, 0.6) is 5.75 Å². The van der Waals surface area contributed by atoms with E-state index < -0.39 is 0 Å². The zero-order valence-corrected chi connectivity index (χ0v) is 16.2. The van der Waals surface area contributed by atoms with E-state index >= 15 is 0 Å². The molecule has 0 aliphatic carbocycles. The van der Waals surface area contributed by atoms with Crippen LogP contribution in [0.15, 0.2) is 48.5 Å². The molecule has 0 bridgehead atoms. The number of hydrogen-bond acceptors (Lipinski definition) is 4. The van der Waals surface area contributed by atoms with Crippen LogP contribution in [-0.4, -0.2) is 53.2 Å². The van der Waals surface area contributed by atoms with Gasteiger partial charge in [-0.1, -0.05) is 41.9 Å². The second-order valence-electron chi connectivity index (χ2n) is 6.87. The summed E-state index contributed by atoms with van der Waals surface area (Å²) in [7, 11) is 0. The molecule has 0 saturated heterocycles. The lowest BCUT2D eigenvalue weighted by molar-refractivity contribution is -0.133. The van der Waals surface area contributed by atoms with Crippen LogP contribution in [0.3, 0.4) is 0 Å². The minimum Gasteiger partial charge on any atom is -0.489 e. The molecule has 1 amide bonds. The molecule has 2 aromatic carbocycles. The van der Waals surface area contributed by atoms with Gasteiger partial charge in [-0.05, 0) is 30.7 Å². The molecule has 0 spiro atoms. The zero-order chi connectivity index (χ0) is 19.2. The highest BCUT2D eigenvalue weighted by Crippen LogP contribution is 2.28. The van der Waals surface area contributed by atoms with Gasteiger partial charge in [0.1, 0.15) is 11.9 Å². The maximum Gasteiger partial charge on any atom is 0.237 e. The van der Waals surface area contributed by atoms with Crippen molar-refractivity contribution < 1.29 is 14.6 Å². The maximum atomic E-state index is 12.9. The van der Waals surface area contributed by atoms with Gasteiger partial charge in [0, 0.05) is 36.8 Å². The number of halogens is 1. The van der Waals surface area contributed by atoms with Crippen molar-refractivity contribution in [3.05, 3.63) is 64.7 Å². The monoisotopic (exact) mass is 388 g/mol. The summed E-state index contributed by atoms with van der Waals surface area (Å²) in [6.45, 7) is 4.26. The zero-order valence-electron chi connectivity index (χ0n) is 15.5. The summed E-state index contributed by atoms with van der Waals surface area (Å²) in [4.78, 5) is 16.7. The summed E-state index contributed by atoms with van der Waals surface area (Å²) >= 11 is 6.12. The highest BCUT2D eigenvalue weighted by atomic mass is 35.5. The van der Waals surface area contributed by atoms with Crippen LogP contribution in [-0.2, 0) is 17.9 Å². The Hall–Kier alpha value is -2.08. The Labute approximate surface area is 165 Å². The van der Waals surface area contributed by atoms with E-state index in [0.29, 0.717) is 31.2 Å². The third-order valence-electron chi connectivity index (χ3n) is 4.56. The van der Waals surface area contributed by atoms with Gasteiger partial charge in [-0.15, -0.1) is 0 Å². The number of hydrogen-bond donors (Lipinski definition) is 1. The van der Waals surface area contributed by atoms with E-state index in [1.165, 1.54) is 0 Å². The fourth-order valence-corrected chi connectivity index (χ4v) is 3.53. The van der Waals surface area contributed by atoms with Gasteiger partial charge in [-0.2, -0.15) is 0 Å². The van der Waals surface area contributed by atoms with Crippen molar-refractivity contribution in [1.29, 1.82) is 0 Å². The second-order valence-corrected chi connectivity index (χ2v) is 7.31. The van der Waals surface area contributed by atoms with Crippen molar-refractivity contribution in [1.82, 2.24) is 9.80 Å². The van der Waals surface area contributed by atoms with Gasteiger partial charge in [-0.3, -0.25) is 9.69 Å². The Bertz CT molecular complexity index is 769.